The largest absolute Gasteiger partial charge is 0.381 e. The second-order valence-corrected chi connectivity index (χ2v) is 5.27. The number of nitrogens with one attached hydrogen (secondary N) is 1. The zero-order valence-corrected chi connectivity index (χ0v) is 9.98. The number of aromatic nitrogens is 1. The highest BCUT2D eigenvalue weighted by Crippen LogP contribution is 2.32. The Bertz CT molecular complexity index is 275. The van der Waals surface area contributed by atoms with E-state index in [0.29, 0.717) is 0 Å². The molecule has 0 saturated carbocycles. The van der Waals surface area contributed by atoms with E-state index in [4.69, 9.17) is 4.74 Å². The van der Waals surface area contributed by atoms with Gasteiger partial charge in [0.2, 0.25) is 0 Å². The molecule has 1 unspecified atom stereocenters. The fourth-order valence-electron chi connectivity index (χ4n) is 2.29. The highest BCUT2D eigenvalue weighted by atomic mass is 32.1. The third-order valence-electron chi connectivity index (χ3n) is 2.97. The summed E-state index contributed by atoms with van der Waals surface area (Å²) in [5, 5.41) is 6.57. The van der Waals surface area contributed by atoms with E-state index >= 15 is 0 Å². The summed E-state index contributed by atoms with van der Waals surface area (Å²) in [5.74, 6) is 0. The topological polar surface area (TPSA) is 34.2 Å². The van der Waals surface area contributed by atoms with Crippen molar-refractivity contribution in [2.75, 3.05) is 26.8 Å². The van der Waals surface area contributed by atoms with Crippen molar-refractivity contribution in [2.24, 2.45) is 5.41 Å². The number of ether oxygens (including phenoxy) is 1. The summed E-state index contributed by atoms with van der Waals surface area (Å²) in [4.78, 5) is 4.37. The Morgan fingerprint density at radius 1 is 1.67 bits per heavy atom. The Balaban J connectivity index is 2.04. The summed E-state index contributed by atoms with van der Waals surface area (Å²) < 4.78 is 5.62. The SMILES string of the molecule is CNCC1(Cc2nccs2)CCCOC1. The van der Waals surface area contributed by atoms with Crippen LogP contribution < -0.4 is 5.32 Å². The lowest BCUT2D eigenvalue weighted by Gasteiger charge is -2.36. The molecule has 1 aromatic heterocycles. The van der Waals surface area contributed by atoms with E-state index in [1.54, 1.807) is 11.3 Å². The van der Waals surface area contributed by atoms with Crippen molar-refractivity contribution < 1.29 is 4.74 Å². The molecule has 15 heavy (non-hydrogen) atoms. The van der Waals surface area contributed by atoms with E-state index < -0.39 is 0 Å². The first kappa shape index (κ1) is 11.0. The number of hydrogen-bond donors (Lipinski definition) is 1. The fourth-order valence-corrected chi connectivity index (χ4v) is 3.08. The van der Waals surface area contributed by atoms with E-state index in [0.717, 1.165) is 26.2 Å². The van der Waals surface area contributed by atoms with Crippen LogP contribution in [0.25, 0.3) is 0 Å². The molecule has 0 bridgehead atoms. The molecule has 3 nitrogen and oxygen atoms in total. The Morgan fingerprint density at radius 3 is 3.20 bits per heavy atom. The van der Waals surface area contributed by atoms with E-state index in [-0.39, 0.29) is 5.41 Å². The van der Waals surface area contributed by atoms with Crippen LogP contribution in [0.1, 0.15) is 17.8 Å². The minimum absolute atomic E-state index is 0.269. The van der Waals surface area contributed by atoms with E-state index in [1.807, 2.05) is 18.6 Å². The van der Waals surface area contributed by atoms with Gasteiger partial charge in [-0.15, -0.1) is 11.3 Å². The maximum atomic E-state index is 5.62. The fraction of sp³-hybridized carbons (Fsp3) is 0.727. The molecule has 0 aromatic carbocycles. The minimum atomic E-state index is 0.269. The molecule has 2 heterocycles. The third kappa shape index (κ3) is 2.77. The lowest BCUT2D eigenvalue weighted by Crippen LogP contribution is -2.41. The van der Waals surface area contributed by atoms with Gasteiger partial charge in [0.25, 0.3) is 0 Å². The zero-order valence-electron chi connectivity index (χ0n) is 9.16. The van der Waals surface area contributed by atoms with Crippen LogP contribution in [0.15, 0.2) is 11.6 Å². The van der Waals surface area contributed by atoms with Crippen LogP contribution in [0, 0.1) is 5.41 Å². The van der Waals surface area contributed by atoms with Crippen molar-refractivity contribution in [1.29, 1.82) is 0 Å². The number of nitrogens with zero attached hydrogens (tertiary/aromatic N) is 1. The van der Waals surface area contributed by atoms with Crippen molar-refractivity contribution >= 4 is 11.3 Å². The lowest BCUT2D eigenvalue weighted by molar-refractivity contribution is -0.00626. The molecule has 1 fully saturated rings. The first-order valence-corrected chi connectivity index (χ1v) is 6.33. The smallest absolute Gasteiger partial charge is 0.0931 e. The van der Waals surface area contributed by atoms with Gasteiger partial charge in [-0.3, -0.25) is 0 Å². The number of rotatable bonds is 4. The Hall–Kier alpha value is -0.450. The monoisotopic (exact) mass is 226 g/mol. The molecular weight excluding hydrogens is 208 g/mol. The van der Waals surface area contributed by atoms with E-state index in [1.165, 1.54) is 17.8 Å². The molecule has 1 aliphatic rings. The van der Waals surface area contributed by atoms with Crippen molar-refractivity contribution in [3.05, 3.63) is 16.6 Å². The Kier molecular flexibility index (Phi) is 3.72. The highest BCUT2D eigenvalue weighted by Gasteiger charge is 2.33. The second kappa shape index (κ2) is 5.05. The molecule has 1 aromatic rings. The van der Waals surface area contributed by atoms with Crippen LogP contribution in [0.4, 0.5) is 0 Å². The normalized spacial score (nSPS) is 26.7. The van der Waals surface area contributed by atoms with Crippen LogP contribution in [-0.4, -0.2) is 31.8 Å². The quantitative estimate of drug-likeness (QED) is 0.848. The zero-order chi connectivity index (χ0) is 10.6. The van der Waals surface area contributed by atoms with Crippen LogP contribution >= 0.6 is 11.3 Å². The summed E-state index contributed by atoms with van der Waals surface area (Å²) in [6.45, 7) is 2.81. The minimum Gasteiger partial charge on any atom is -0.381 e. The van der Waals surface area contributed by atoms with Crippen molar-refractivity contribution in [1.82, 2.24) is 10.3 Å². The lowest BCUT2D eigenvalue weighted by atomic mass is 9.79. The van der Waals surface area contributed by atoms with Gasteiger partial charge in [-0.05, 0) is 19.9 Å². The molecule has 2 rings (SSSR count). The van der Waals surface area contributed by atoms with Gasteiger partial charge >= 0.3 is 0 Å². The molecule has 0 spiro atoms. The highest BCUT2D eigenvalue weighted by molar-refractivity contribution is 7.09. The third-order valence-corrected chi connectivity index (χ3v) is 3.75. The summed E-state index contributed by atoms with van der Waals surface area (Å²) in [5.41, 5.74) is 0.269. The average Bonchev–Trinajstić information content (AvgIpc) is 2.72. The molecule has 1 atom stereocenters. The van der Waals surface area contributed by atoms with Crippen LogP contribution in [0.3, 0.4) is 0 Å². The molecule has 0 radical (unpaired) electrons. The van der Waals surface area contributed by atoms with Gasteiger partial charge in [0.15, 0.2) is 0 Å². The van der Waals surface area contributed by atoms with Gasteiger partial charge in [0.1, 0.15) is 0 Å². The predicted molar refractivity (Wildman–Crippen MR) is 62.2 cm³/mol. The van der Waals surface area contributed by atoms with Gasteiger partial charge in [-0.25, -0.2) is 4.98 Å². The molecule has 0 aliphatic carbocycles. The molecule has 1 aliphatic heterocycles. The number of thiazole rings is 1. The number of hydrogen-bond acceptors (Lipinski definition) is 4. The van der Waals surface area contributed by atoms with Gasteiger partial charge in [0.05, 0.1) is 11.6 Å². The molecule has 1 saturated heterocycles. The first-order chi connectivity index (χ1) is 7.35. The maximum Gasteiger partial charge on any atom is 0.0931 e. The predicted octanol–water partition coefficient (Wildman–Crippen LogP) is 1.70. The summed E-state index contributed by atoms with van der Waals surface area (Å²) >= 11 is 1.75. The van der Waals surface area contributed by atoms with Crippen molar-refractivity contribution in [3.8, 4) is 0 Å². The average molecular weight is 226 g/mol. The Morgan fingerprint density at radius 2 is 2.60 bits per heavy atom. The van der Waals surface area contributed by atoms with E-state index in [9.17, 15) is 0 Å². The van der Waals surface area contributed by atoms with Gasteiger partial charge < -0.3 is 10.1 Å². The summed E-state index contributed by atoms with van der Waals surface area (Å²) in [6.07, 6.45) is 5.35. The first-order valence-electron chi connectivity index (χ1n) is 5.45. The Labute approximate surface area is 94.9 Å². The molecule has 84 valence electrons. The molecule has 1 N–H and O–H groups in total. The molecular formula is C11H18N2OS. The molecule has 4 heteroatoms. The van der Waals surface area contributed by atoms with Crippen LogP contribution in [0.5, 0.6) is 0 Å². The summed E-state index contributed by atoms with van der Waals surface area (Å²) in [6, 6.07) is 0. The second-order valence-electron chi connectivity index (χ2n) is 4.29. The maximum absolute atomic E-state index is 5.62. The van der Waals surface area contributed by atoms with E-state index in [2.05, 4.69) is 10.3 Å². The van der Waals surface area contributed by atoms with Crippen molar-refractivity contribution in [3.63, 3.8) is 0 Å². The van der Waals surface area contributed by atoms with Crippen molar-refractivity contribution in [2.45, 2.75) is 19.3 Å². The summed E-state index contributed by atoms with van der Waals surface area (Å²) in [7, 11) is 2.01. The van der Waals surface area contributed by atoms with Gasteiger partial charge in [-0.2, -0.15) is 0 Å². The molecule has 0 amide bonds. The van der Waals surface area contributed by atoms with Gasteiger partial charge in [0, 0.05) is 36.6 Å². The van der Waals surface area contributed by atoms with Gasteiger partial charge in [-0.1, -0.05) is 0 Å². The standard InChI is InChI=1S/C11H18N2OS/c1-12-8-11(3-2-5-14-9-11)7-10-13-4-6-15-10/h4,6,12H,2-3,5,7-9H2,1H3. The van der Waals surface area contributed by atoms with Crippen LogP contribution in [-0.2, 0) is 11.2 Å². The van der Waals surface area contributed by atoms with Crippen LogP contribution in [0.2, 0.25) is 0 Å².